The van der Waals surface area contributed by atoms with Crippen molar-refractivity contribution in [2.75, 3.05) is 12.4 Å². The minimum Gasteiger partial charge on any atom is -0.494 e. The molecule has 2 aromatic carbocycles. The average molecular weight is 355 g/mol. The summed E-state index contributed by atoms with van der Waals surface area (Å²) in [5.41, 5.74) is 7.68. The van der Waals surface area contributed by atoms with Crippen molar-refractivity contribution in [3.63, 3.8) is 0 Å². The fourth-order valence-corrected chi connectivity index (χ4v) is 2.71. The molecule has 0 aliphatic carbocycles. The number of nitrogens with one attached hydrogen (secondary N) is 1. The maximum atomic E-state index is 13.7. The van der Waals surface area contributed by atoms with Gasteiger partial charge < -0.3 is 15.8 Å². The molecule has 104 valence electrons. The van der Waals surface area contributed by atoms with Crippen molar-refractivity contribution in [1.82, 2.24) is 0 Å². The first kappa shape index (κ1) is 14.7. The second-order valence-corrected chi connectivity index (χ2v) is 5.30. The zero-order valence-electron chi connectivity index (χ0n) is 10.6. The summed E-state index contributed by atoms with van der Waals surface area (Å²) in [5.74, 6) is -0.247. The van der Waals surface area contributed by atoms with Crippen LogP contribution in [0.25, 0.3) is 0 Å². The van der Waals surface area contributed by atoms with Gasteiger partial charge in [-0.15, -0.1) is 0 Å². The molecule has 0 radical (unpaired) electrons. The van der Waals surface area contributed by atoms with Crippen LogP contribution < -0.4 is 15.8 Å². The predicted octanol–water partition coefficient (Wildman–Crippen LogP) is 3.97. The molecular formula is C14H12BrFN2OS. The maximum Gasteiger partial charge on any atom is 0.167 e. The lowest BCUT2D eigenvalue weighted by Crippen LogP contribution is -2.12. The topological polar surface area (TPSA) is 47.3 Å². The van der Waals surface area contributed by atoms with Gasteiger partial charge in [-0.1, -0.05) is 18.3 Å². The second kappa shape index (κ2) is 6.19. The van der Waals surface area contributed by atoms with Crippen molar-refractivity contribution in [1.29, 1.82) is 0 Å². The zero-order valence-corrected chi connectivity index (χ0v) is 13.0. The lowest BCUT2D eigenvalue weighted by molar-refractivity contribution is 0.386. The van der Waals surface area contributed by atoms with Gasteiger partial charge in [-0.3, -0.25) is 0 Å². The van der Waals surface area contributed by atoms with Gasteiger partial charge >= 0.3 is 0 Å². The van der Waals surface area contributed by atoms with E-state index in [1.165, 1.54) is 13.2 Å². The molecule has 2 rings (SSSR count). The van der Waals surface area contributed by atoms with E-state index in [2.05, 4.69) is 21.2 Å². The molecule has 0 aromatic heterocycles. The molecule has 0 atom stereocenters. The summed E-state index contributed by atoms with van der Waals surface area (Å²) in [6.07, 6.45) is 0. The first-order valence-corrected chi connectivity index (χ1v) is 6.92. The SMILES string of the molecule is COc1ccc(Nc2cccc(Br)c2C(N)=S)cc1F. The lowest BCUT2D eigenvalue weighted by Gasteiger charge is -2.13. The molecule has 6 heteroatoms. The number of thiocarbonyl (C=S) groups is 1. The van der Waals surface area contributed by atoms with E-state index >= 15 is 0 Å². The quantitative estimate of drug-likeness (QED) is 0.815. The van der Waals surface area contributed by atoms with Crippen LogP contribution in [0, 0.1) is 5.82 Å². The van der Waals surface area contributed by atoms with Crippen LogP contribution in [0.4, 0.5) is 15.8 Å². The van der Waals surface area contributed by atoms with Crippen molar-refractivity contribution in [3.8, 4) is 5.75 Å². The fourth-order valence-electron chi connectivity index (χ4n) is 1.78. The number of ether oxygens (including phenoxy) is 1. The number of anilines is 2. The Morgan fingerprint density at radius 3 is 2.70 bits per heavy atom. The highest BCUT2D eigenvalue weighted by Crippen LogP contribution is 2.29. The Morgan fingerprint density at radius 2 is 2.10 bits per heavy atom. The molecule has 0 bridgehead atoms. The van der Waals surface area contributed by atoms with E-state index in [1.54, 1.807) is 12.1 Å². The van der Waals surface area contributed by atoms with Gasteiger partial charge in [-0.05, 0) is 40.2 Å². The number of nitrogens with two attached hydrogens (primary N) is 1. The Bertz CT molecular complexity index is 664. The summed E-state index contributed by atoms with van der Waals surface area (Å²) < 4.78 is 19.3. The summed E-state index contributed by atoms with van der Waals surface area (Å²) in [4.78, 5) is 0.258. The Balaban J connectivity index is 2.38. The summed E-state index contributed by atoms with van der Waals surface area (Å²) >= 11 is 8.43. The first-order valence-electron chi connectivity index (χ1n) is 5.72. The summed E-state index contributed by atoms with van der Waals surface area (Å²) in [6.45, 7) is 0. The molecule has 0 spiro atoms. The molecule has 20 heavy (non-hydrogen) atoms. The second-order valence-electron chi connectivity index (χ2n) is 4.00. The Hall–Kier alpha value is -1.66. The van der Waals surface area contributed by atoms with E-state index in [0.29, 0.717) is 16.9 Å². The van der Waals surface area contributed by atoms with E-state index in [-0.39, 0.29) is 10.7 Å². The number of benzene rings is 2. The van der Waals surface area contributed by atoms with E-state index < -0.39 is 5.82 Å². The minimum absolute atomic E-state index is 0.194. The molecular weight excluding hydrogens is 343 g/mol. The van der Waals surface area contributed by atoms with E-state index in [0.717, 1.165) is 4.47 Å². The Kier molecular flexibility index (Phi) is 4.57. The van der Waals surface area contributed by atoms with Gasteiger partial charge in [-0.25, -0.2) is 4.39 Å². The van der Waals surface area contributed by atoms with Crippen molar-refractivity contribution in [2.45, 2.75) is 0 Å². The van der Waals surface area contributed by atoms with Crippen LogP contribution in [0.1, 0.15) is 5.56 Å². The molecule has 0 heterocycles. The standard InChI is InChI=1S/C14H12BrFN2OS/c1-19-12-6-5-8(7-10(12)16)18-11-4-2-3-9(15)13(11)14(17)20/h2-7,18H,1H3,(H2,17,20). The molecule has 0 fully saturated rings. The normalized spacial score (nSPS) is 10.2. The van der Waals surface area contributed by atoms with E-state index in [4.69, 9.17) is 22.7 Å². The summed E-state index contributed by atoms with van der Waals surface area (Å²) in [5, 5.41) is 3.09. The highest BCUT2D eigenvalue weighted by molar-refractivity contribution is 9.10. The third-order valence-corrected chi connectivity index (χ3v) is 3.56. The zero-order chi connectivity index (χ0) is 14.7. The smallest absolute Gasteiger partial charge is 0.167 e. The van der Waals surface area contributed by atoms with Crippen LogP contribution in [0.15, 0.2) is 40.9 Å². The van der Waals surface area contributed by atoms with Crippen LogP contribution in [0.3, 0.4) is 0 Å². The van der Waals surface area contributed by atoms with Crippen molar-refractivity contribution in [2.24, 2.45) is 5.73 Å². The van der Waals surface area contributed by atoms with Crippen LogP contribution >= 0.6 is 28.1 Å². The molecule has 0 saturated heterocycles. The van der Waals surface area contributed by atoms with Gasteiger partial charge in [0.2, 0.25) is 0 Å². The number of methoxy groups -OCH3 is 1. The van der Waals surface area contributed by atoms with Crippen molar-refractivity contribution >= 4 is 44.5 Å². The van der Waals surface area contributed by atoms with Crippen molar-refractivity contribution in [3.05, 3.63) is 52.3 Å². The molecule has 0 unspecified atom stereocenters. The van der Waals surface area contributed by atoms with E-state index in [1.807, 2.05) is 18.2 Å². The maximum absolute atomic E-state index is 13.7. The Morgan fingerprint density at radius 1 is 1.35 bits per heavy atom. The lowest BCUT2D eigenvalue weighted by atomic mass is 10.1. The third kappa shape index (κ3) is 3.08. The summed E-state index contributed by atoms with van der Waals surface area (Å²) in [6, 6.07) is 10.1. The molecule has 0 saturated carbocycles. The number of rotatable bonds is 4. The first-order chi connectivity index (χ1) is 9.52. The van der Waals surface area contributed by atoms with Gasteiger partial charge in [0.1, 0.15) is 4.99 Å². The molecule has 3 N–H and O–H groups in total. The highest BCUT2D eigenvalue weighted by Gasteiger charge is 2.10. The van der Waals surface area contributed by atoms with Gasteiger partial charge in [0, 0.05) is 27.5 Å². The van der Waals surface area contributed by atoms with Crippen molar-refractivity contribution < 1.29 is 9.13 Å². The molecule has 0 aliphatic rings. The highest BCUT2D eigenvalue weighted by atomic mass is 79.9. The van der Waals surface area contributed by atoms with Crippen LogP contribution in [-0.2, 0) is 0 Å². The van der Waals surface area contributed by atoms with Gasteiger partial charge in [0.25, 0.3) is 0 Å². The fraction of sp³-hybridized carbons (Fsp3) is 0.0714. The van der Waals surface area contributed by atoms with Gasteiger partial charge in [0.15, 0.2) is 11.6 Å². The number of hydrogen-bond acceptors (Lipinski definition) is 3. The average Bonchev–Trinajstić information content (AvgIpc) is 2.38. The van der Waals surface area contributed by atoms with Crippen LogP contribution in [-0.4, -0.2) is 12.1 Å². The number of hydrogen-bond donors (Lipinski definition) is 2. The summed E-state index contributed by atoms with van der Waals surface area (Å²) in [7, 11) is 1.42. The largest absolute Gasteiger partial charge is 0.494 e. The minimum atomic E-state index is -0.440. The monoisotopic (exact) mass is 354 g/mol. The predicted molar refractivity (Wildman–Crippen MR) is 86.3 cm³/mol. The number of halogens is 2. The molecule has 0 amide bonds. The molecule has 3 nitrogen and oxygen atoms in total. The van der Waals surface area contributed by atoms with Crippen LogP contribution in [0.5, 0.6) is 5.75 Å². The molecule has 2 aromatic rings. The van der Waals surface area contributed by atoms with Crippen LogP contribution in [0.2, 0.25) is 0 Å². The third-order valence-electron chi connectivity index (χ3n) is 2.69. The Labute approximate surface area is 130 Å². The van der Waals surface area contributed by atoms with E-state index in [9.17, 15) is 4.39 Å². The van der Waals surface area contributed by atoms with Gasteiger partial charge in [-0.2, -0.15) is 0 Å². The van der Waals surface area contributed by atoms with Gasteiger partial charge in [0.05, 0.1) is 7.11 Å². The molecule has 0 aliphatic heterocycles.